The van der Waals surface area contributed by atoms with Gasteiger partial charge in [0, 0.05) is 46.4 Å². The van der Waals surface area contributed by atoms with Crippen LogP contribution in [0.5, 0.6) is 0 Å². The van der Waals surface area contributed by atoms with E-state index in [1.165, 1.54) is 0 Å². The molecule has 0 radical (unpaired) electrons. The van der Waals surface area contributed by atoms with Crippen LogP contribution >= 0.6 is 0 Å². The molecule has 0 aromatic carbocycles. The number of aromatic amines is 2. The lowest BCUT2D eigenvalue weighted by Gasteiger charge is -2.24. The van der Waals surface area contributed by atoms with E-state index in [2.05, 4.69) is 46.5 Å². The molecule has 37 heavy (non-hydrogen) atoms. The average Bonchev–Trinajstić information content (AvgIpc) is 3.52. The fourth-order valence-electron chi connectivity index (χ4n) is 4.75. The molecule has 1 aliphatic rings. The van der Waals surface area contributed by atoms with E-state index < -0.39 is 0 Å². The van der Waals surface area contributed by atoms with Gasteiger partial charge in [0.1, 0.15) is 5.69 Å². The molecule has 1 aliphatic carbocycles. The SMILES string of the molecule is O=C(Nc1cncc(-c2cc3c(-c4cc5c(-c6ccccn6)cncc5[nH]4)n[nH]c3cn2)c1)C1CCC1. The van der Waals surface area contributed by atoms with E-state index in [1.54, 1.807) is 24.8 Å². The molecule has 6 aromatic rings. The lowest BCUT2D eigenvalue weighted by molar-refractivity contribution is -0.122. The van der Waals surface area contributed by atoms with Crippen LogP contribution in [0, 0.1) is 5.92 Å². The summed E-state index contributed by atoms with van der Waals surface area (Å²) in [7, 11) is 0. The molecule has 180 valence electrons. The van der Waals surface area contributed by atoms with Gasteiger partial charge in [-0.3, -0.25) is 29.8 Å². The molecular formula is C28H22N8O. The first kappa shape index (κ1) is 21.4. The fourth-order valence-corrected chi connectivity index (χ4v) is 4.75. The summed E-state index contributed by atoms with van der Waals surface area (Å²) in [6.07, 6.45) is 13.6. The number of carbonyl (C=O) groups excluding carboxylic acids is 1. The van der Waals surface area contributed by atoms with Crippen LogP contribution in [0.3, 0.4) is 0 Å². The third kappa shape index (κ3) is 3.81. The van der Waals surface area contributed by atoms with Crippen molar-refractivity contribution in [3.8, 4) is 33.9 Å². The van der Waals surface area contributed by atoms with Crippen LogP contribution in [0.25, 0.3) is 55.7 Å². The van der Waals surface area contributed by atoms with Crippen molar-refractivity contribution < 1.29 is 4.79 Å². The molecule has 6 heterocycles. The van der Waals surface area contributed by atoms with Gasteiger partial charge in [-0.2, -0.15) is 5.10 Å². The van der Waals surface area contributed by atoms with E-state index in [4.69, 9.17) is 0 Å². The van der Waals surface area contributed by atoms with Crippen molar-refractivity contribution in [1.82, 2.24) is 35.1 Å². The molecule has 0 unspecified atom stereocenters. The largest absolute Gasteiger partial charge is 0.352 e. The van der Waals surface area contributed by atoms with Crippen molar-refractivity contribution in [2.45, 2.75) is 19.3 Å². The Morgan fingerprint density at radius 1 is 0.892 bits per heavy atom. The second-order valence-electron chi connectivity index (χ2n) is 9.31. The first-order chi connectivity index (χ1) is 18.2. The predicted octanol–water partition coefficient (Wildman–Crippen LogP) is 5.36. The molecule has 0 saturated heterocycles. The van der Waals surface area contributed by atoms with Crippen LogP contribution in [0.1, 0.15) is 19.3 Å². The molecular weight excluding hydrogens is 464 g/mol. The summed E-state index contributed by atoms with van der Waals surface area (Å²) in [6.45, 7) is 0. The summed E-state index contributed by atoms with van der Waals surface area (Å²) in [5.74, 6) is 0.167. The van der Waals surface area contributed by atoms with Gasteiger partial charge in [-0.25, -0.2) is 0 Å². The van der Waals surface area contributed by atoms with Gasteiger partial charge in [-0.15, -0.1) is 0 Å². The molecule has 1 saturated carbocycles. The van der Waals surface area contributed by atoms with E-state index in [-0.39, 0.29) is 11.8 Å². The normalized spacial score (nSPS) is 13.6. The maximum Gasteiger partial charge on any atom is 0.227 e. The number of rotatable bonds is 5. The first-order valence-corrected chi connectivity index (χ1v) is 12.2. The minimum absolute atomic E-state index is 0.0594. The Hall–Kier alpha value is -4.92. The Labute approximate surface area is 211 Å². The summed E-state index contributed by atoms with van der Waals surface area (Å²) in [5.41, 5.74) is 7.43. The zero-order valence-electron chi connectivity index (χ0n) is 19.8. The fraction of sp³-hybridized carbons (Fsp3) is 0.143. The van der Waals surface area contributed by atoms with Crippen LogP contribution in [-0.2, 0) is 4.79 Å². The van der Waals surface area contributed by atoms with Gasteiger partial charge in [0.15, 0.2) is 0 Å². The smallest absolute Gasteiger partial charge is 0.227 e. The Morgan fingerprint density at radius 3 is 2.65 bits per heavy atom. The summed E-state index contributed by atoms with van der Waals surface area (Å²) in [4.78, 5) is 33.7. The van der Waals surface area contributed by atoms with Crippen molar-refractivity contribution in [2.24, 2.45) is 5.92 Å². The molecule has 9 heteroatoms. The highest BCUT2D eigenvalue weighted by Crippen LogP contribution is 2.34. The van der Waals surface area contributed by atoms with E-state index in [0.29, 0.717) is 5.69 Å². The molecule has 1 fully saturated rings. The predicted molar refractivity (Wildman–Crippen MR) is 141 cm³/mol. The minimum atomic E-state index is 0.0594. The minimum Gasteiger partial charge on any atom is -0.352 e. The lowest BCUT2D eigenvalue weighted by atomic mass is 9.85. The van der Waals surface area contributed by atoms with Crippen molar-refractivity contribution in [2.75, 3.05) is 5.32 Å². The molecule has 0 aliphatic heterocycles. The van der Waals surface area contributed by atoms with Gasteiger partial charge in [-0.1, -0.05) is 12.5 Å². The molecule has 0 bridgehead atoms. The molecule has 3 N–H and O–H groups in total. The summed E-state index contributed by atoms with van der Waals surface area (Å²) < 4.78 is 0. The second kappa shape index (κ2) is 8.63. The standard InChI is InChI=1S/C28H22N8O/c37-28(16-4-3-5-16)33-18-8-17(11-29-12-18)23-10-20-26(15-32-23)35-36-27(20)24-9-19-21(13-30-14-25(19)34-24)22-6-1-2-7-31-22/h1-2,6-16,34H,3-5H2,(H,33,37)(H,35,36). The second-order valence-corrected chi connectivity index (χ2v) is 9.31. The number of hydrogen-bond donors (Lipinski definition) is 3. The number of aromatic nitrogens is 7. The number of carbonyl (C=O) groups is 1. The van der Waals surface area contributed by atoms with Gasteiger partial charge < -0.3 is 10.3 Å². The van der Waals surface area contributed by atoms with Crippen molar-refractivity contribution in [3.63, 3.8) is 0 Å². The molecule has 9 nitrogen and oxygen atoms in total. The third-order valence-corrected chi connectivity index (χ3v) is 6.97. The summed E-state index contributed by atoms with van der Waals surface area (Å²) in [5, 5.41) is 12.6. The van der Waals surface area contributed by atoms with Gasteiger partial charge in [0.05, 0.1) is 52.4 Å². The van der Waals surface area contributed by atoms with E-state index in [1.807, 2.05) is 42.7 Å². The van der Waals surface area contributed by atoms with E-state index in [0.717, 1.165) is 75.0 Å². The van der Waals surface area contributed by atoms with E-state index in [9.17, 15) is 4.79 Å². The van der Waals surface area contributed by atoms with Crippen LogP contribution in [-0.4, -0.2) is 41.0 Å². The summed E-state index contributed by atoms with van der Waals surface area (Å²) >= 11 is 0. The number of nitrogens with zero attached hydrogens (tertiary/aromatic N) is 5. The number of nitrogens with one attached hydrogen (secondary N) is 3. The van der Waals surface area contributed by atoms with Crippen molar-refractivity contribution >= 4 is 33.4 Å². The number of pyridine rings is 4. The summed E-state index contributed by atoms with van der Waals surface area (Å²) in [6, 6.07) is 11.8. The average molecular weight is 487 g/mol. The Bertz CT molecular complexity index is 1770. The van der Waals surface area contributed by atoms with Crippen LogP contribution in [0.15, 0.2) is 73.6 Å². The maximum atomic E-state index is 12.4. The number of hydrogen-bond acceptors (Lipinski definition) is 6. The van der Waals surface area contributed by atoms with Gasteiger partial charge in [0.25, 0.3) is 0 Å². The highest BCUT2D eigenvalue weighted by molar-refractivity contribution is 6.00. The zero-order chi connectivity index (χ0) is 24.8. The third-order valence-electron chi connectivity index (χ3n) is 6.97. The highest BCUT2D eigenvalue weighted by Gasteiger charge is 2.25. The van der Waals surface area contributed by atoms with Crippen LogP contribution in [0.2, 0.25) is 0 Å². The number of fused-ring (bicyclic) bond motifs is 2. The highest BCUT2D eigenvalue weighted by atomic mass is 16.1. The Kier molecular flexibility index (Phi) is 4.99. The zero-order valence-corrected chi connectivity index (χ0v) is 19.8. The Morgan fingerprint density at radius 2 is 1.81 bits per heavy atom. The number of amides is 1. The molecule has 6 aromatic heterocycles. The molecule has 0 atom stereocenters. The van der Waals surface area contributed by atoms with Crippen LogP contribution < -0.4 is 5.32 Å². The molecule has 1 amide bonds. The quantitative estimate of drug-likeness (QED) is 0.301. The molecule has 0 spiro atoms. The monoisotopic (exact) mass is 486 g/mol. The molecule has 7 rings (SSSR count). The Balaban J connectivity index is 1.26. The first-order valence-electron chi connectivity index (χ1n) is 12.2. The van der Waals surface area contributed by atoms with Gasteiger partial charge in [-0.05, 0) is 43.2 Å². The van der Waals surface area contributed by atoms with Gasteiger partial charge >= 0.3 is 0 Å². The number of H-pyrrole nitrogens is 2. The topological polar surface area (TPSA) is 125 Å². The van der Waals surface area contributed by atoms with Crippen molar-refractivity contribution in [3.05, 3.63) is 73.6 Å². The number of anilines is 1. The maximum absolute atomic E-state index is 12.4. The van der Waals surface area contributed by atoms with Gasteiger partial charge in [0.2, 0.25) is 5.91 Å². The lowest BCUT2D eigenvalue weighted by Crippen LogP contribution is -2.28. The van der Waals surface area contributed by atoms with Crippen molar-refractivity contribution in [1.29, 1.82) is 0 Å². The van der Waals surface area contributed by atoms with Crippen LogP contribution in [0.4, 0.5) is 5.69 Å². The van der Waals surface area contributed by atoms with E-state index >= 15 is 0 Å².